The number of carbonyl (C=O) groups is 1. The Bertz CT molecular complexity index is 705. The molecule has 2 aromatic rings. The van der Waals surface area contributed by atoms with Crippen LogP contribution in [0.1, 0.15) is 5.56 Å². The molecule has 2 aromatic carbocycles. The lowest BCUT2D eigenvalue weighted by Crippen LogP contribution is -2.28. The van der Waals surface area contributed by atoms with Crippen molar-refractivity contribution in [2.45, 2.75) is 0 Å². The molecular formula is C16H12Cl2N2O. The molecule has 2 N–H and O–H groups in total. The van der Waals surface area contributed by atoms with Gasteiger partial charge in [0, 0.05) is 21.3 Å². The molecule has 106 valence electrons. The molecule has 0 unspecified atom stereocenters. The number of carbonyl (C=O) groups excluding carboxylic acids is 1. The van der Waals surface area contributed by atoms with Crippen LogP contribution in [0.15, 0.2) is 48.5 Å². The summed E-state index contributed by atoms with van der Waals surface area (Å²) < 4.78 is 0. The molecule has 0 heterocycles. The molecule has 2 amide bonds. The monoisotopic (exact) mass is 318 g/mol. The third kappa shape index (κ3) is 5.39. The van der Waals surface area contributed by atoms with Crippen molar-refractivity contribution in [3.05, 3.63) is 64.1 Å². The first-order valence-electron chi connectivity index (χ1n) is 6.18. The standard InChI is InChI=1S/C16H12Cl2N2O/c17-13-6-1-4-12(10-13)5-3-9-19-16(21)20-15-8-2-7-14(18)11-15/h1-2,4,6-8,10-11H,9H2,(H2,19,20,21). The van der Waals surface area contributed by atoms with Gasteiger partial charge in [-0.15, -0.1) is 0 Å². The van der Waals surface area contributed by atoms with Gasteiger partial charge in [0.15, 0.2) is 0 Å². The van der Waals surface area contributed by atoms with Crippen LogP contribution in [0.5, 0.6) is 0 Å². The van der Waals surface area contributed by atoms with Gasteiger partial charge in [-0.2, -0.15) is 0 Å². The topological polar surface area (TPSA) is 41.1 Å². The third-order valence-corrected chi connectivity index (χ3v) is 2.95. The molecule has 2 rings (SSSR count). The average Bonchev–Trinajstić information content (AvgIpc) is 2.44. The zero-order valence-electron chi connectivity index (χ0n) is 11.0. The number of hydrogen-bond acceptors (Lipinski definition) is 1. The lowest BCUT2D eigenvalue weighted by Gasteiger charge is -2.05. The Morgan fingerprint density at radius 3 is 2.48 bits per heavy atom. The van der Waals surface area contributed by atoms with E-state index >= 15 is 0 Å². The van der Waals surface area contributed by atoms with Gasteiger partial charge in [0.1, 0.15) is 0 Å². The number of anilines is 1. The SMILES string of the molecule is O=C(NCC#Cc1cccc(Cl)c1)Nc1cccc(Cl)c1. The molecule has 21 heavy (non-hydrogen) atoms. The van der Waals surface area contributed by atoms with Gasteiger partial charge in [-0.05, 0) is 36.4 Å². The van der Waals surface area contributed by atoms with E-state index in [9.17, 15) is 4.79 Å². The van der Waals surface area contributed by atoms with Crippen LogP contribution in [0.25, 0.3) is 0 Å². The summed E-state index contributed by atoms with van der Waals surface area (Å²) in [6, 6.07) is 13.8. The molecule has 0 saturated heterocycles. The number of nitrogens with one attached hydrogen (secondary N) is 2. The highest BCUT2D eigenvalue weighted by Gasteiger charge is 1.99. The van der Waals surface area contributed by atoms with E-state index in [0.29, 0.717) is 15.7 Å². The Labute approximate surface area is 133 Å². The molecule has 5 heteroatoms. The molecule has 0 saturated carbocycles. The van der Waals surface area contributed by atoms with E-state index in [0.717, 1.165) is 5.56 Å². The van der Waals surface area contributed by atoms with E-state index in [2.05, 4.69) is 22.5 Å². The largest absolute Gasteiger partial charge is 0.327 e. The average molecular weight is 319 g/mol. The van der Waals surface area contributed by atoms with Crippen molar-refractivity contribution < 1.29 is 4.79 Å². The van der Waals surface area contributed by atoms with Crippen LogP contribution in [0, 0.1) is 11.8 Å². The summed E-state index contributed by atoms with van der Waals surface area (Å²) >= 11 is 11.7. The van der Waals surface area contributed by atoms with Crippen LogP contribution in [-0.2, 0) is 0 Å². The summed E-state index contributed by atoms with van der Waals surface area (Å²) in [5, 5.41) is 6.50. The number of hydrogen-bond donors (Lipinski definition) is 2. The van der Waals surface area contributed by atoms with Gasteiger partial charge in [-0.3, -0.25) is 0 Å². The van der Waals surface area contributed by atoms with Gasteiger partial charge < -0.3 is 10.6 Å². The Morgan fingerprint density at radius 2 is 1.76 bits per heavy atom. The molecule has 0 bridgehead atoms. The predicted molar refractivity (Wildman–Crippen MR) is 86.8 cm³/mol. The van der Waals surface area contributed by atoms with Gasteiger partial charge >= 0.3 is 6.03 Å². The van der Waals surface area contributed by atoms with Crippen LogP contribution in [-0.4, -0.2) is 12.6 Å². The number of rotatable bonds is 2. The second kappa shape index (κ2) is 7.58. The first-order chi connectivity index (χ1) is 10.1. The quantitative estimate of drug-likeness (QED) is 0.802. The zero-order valence-corrected chi connectivity index (χ0v) is 12.5. The highest BCUT2D eigenvalue weighted by atomic mass is 35.5. The summed E-state index contributed by atoms with van der Waals surface area (Å²) in [4.78, 5) is 11.6. The Hall–Kier alpha value is -2.15. The third-order valence-electron chi connectivity index (χ3n) is 2.48. The molecule has 0 aliphatic carbocycles. The van der Waals surface area contributed by atoms with Gasteiger partial charge in [0.2, 0.25) is 0 Å². The maximum atomic E-state index is 11.6. The molecule has 0 fully saturated rings. The van der Waals surface area contributed by atoms with Crippen LogP contribution in [0.2, 0.25) is 10.0 Å². The Balaban J connectivity index is 1.82. The normalized spacial score (nSPS) is 9.43. The Kier molecular flexibility index (Phi) is 5.51. The van der Waals surface area contributed by atoms with Crippen molar-refractivity contribution >= 4 is 34.9 Å². The second-order valence-corrected chi connectivity index (χ2v) is 5.00. The number of urea groups is 1. The number of benzene rings is 2. The van der Waals surface area contributed by atoms with Gasteiger partial charge in [-0.25, -0.2) is 4.79 Å². The van der Waals surface area contributed by atoms with Crippen molar-refractivity contribution in [2.24, 2.45) is 0 Å². The molecule has 0 spiro atoms. The zero-order chi connectivity index (χ0) is 15.1. The first-order valence-corrected chi connectivity index (χ1v) is 6.94. The summed E-state index contributed by atoms with van der Waals surface area (Å²) in [7, 11) is 0. The minimum absolute atomic E-state index is 0.235. The van der Waals surface area contributed by atoms with Gasteiger partial charge in [0.25, 0.3) is 0 Å². The predicted octanol–water partition coefficient (Wildman–Crippen LogP) is 4.17. The van der Waals surface area contributed by atoms with E-state index in [4.69, 9.17) is 23.2 Å². The molecule has 0 radical (unpaired) electrons. The second-order valence-electron chi connectivity index (χ2n) is 4.13. The van der Waals surface area contributed by atoms with Crippen LogP contribution in [0.4, 0.5) is 10.5 Å². The lowest BCUT2D eigenvalue weighted by atomic mass is 10.2. The fourth-order valence-electron chi connectivity index (χ4n) is 1.58. The fraction of sp³-hybridized carbons (Fsp3) is 0.0625. The summed E-state index contributed by atoms with van der Waals surface area (Å²) in [5.74, 6) is 5.77. The highest BCUT2D eigenvalue weighted by Crippen LogP contribution is 2.14. The van der Waals surface area contributed by atoms with Crippen molar-refractivity contribution in [1.82, 2.24) is 5.32 Å². The fourth-order valence-corrected chi connectivity index (χ4v) is 1.96. The molecule has 3 nitrogen and oxygen atoms in total. The summed E-state index contributed by atoms with van der Waals surface area (Å²) in [5.41, 5.74) is 1.43. The van der Waals surface area contributed by atoms with E-state index < -0.39 is 0 Å². The Morgan fingerprint density at radius 1 is 1.05 bits per heavy atom. The van der Waals surface area contributed by atoms with Crippen molar-refractivity contribution in [1.29, 1.82) is 0 Å². The van der Waals surface area contributed by atoms with Gasteiger partial charge in [0.05, 0.1) is 6.54 Å². The summed E-state index contributed by atoms with van der Waals surface area (Å²) in [6.07, 6.45) is 0. The molecule has 0 aliphatic heterocycles. The van der Waals surface area contributed by atoms with Gasteiger partial charge in [-0.1, -0.05) is 47.2 Å². The van der Waals surface area contributed by atoms with E-state index in [1.807, 2.05) is 12.1 Å². The maximum Gasteiger partial charge on any atom is 0.319 e. The first kappa shape index (κ1) is 15.2. The van der Waals surface area contributed by atoms with Crippen LogP contribution >= 0.6 is 23.2 Å². The van der Waals surface area contributed by atoms with E-state index in [-0.39, 0.29) is 12.6 Å². The van der Waals surface area contributed by atoms with Crippen molar-refractivity contribution in [2.75, 3.05) is 11.9 Å². The van der Waals surface area contributed by atoms with Crippen LogP contribution < -0.4 is 10.6 Å². The molecule has 0 atom stereocenters. The maximum absolute atomic E-state index is 11.6. The number of amides is 2. The number of halogens is 2. The smallest absolute Gasteiger partial charge is 0.319 e. The lowest BCUT2D eigenvalue weighted by molar-refractivity contribution is 0.253. The molecule has 0 aliphatic rings. The van der Waals surface area contributed by atoms with E-state index in [1.165, 1.54) is 0 Å². The minimum Gasteiger partial charge on any atom is -0.327 e. The van der Waals surface area contributed by atoms with Crippen LogP contribution in [0.3, 0.4) is 0 Å². The summed E-state index contributed by atoms with van der Waals surface area (Å²) in [6.45, 7) is 0.235. The molecular weight excluding hydrogens is 307 g/mol. The minimum atomic E-state index is -0.335. The van der Waals surface area contributed by atoms with Crippen molar-refractivity contribution in [3.63, 3.8) is 0 Å². The molecule has 0 aromatic heterocycles. The van der Waals surface area contributed by atoms with Crippen molar-refractivity contribution in [3.8, 4) is 11.8 Å². The van der Waals surface area contributed by atoms with E-state index in [1.54, 1.807) is 36.4 Å². The highest BCUT2D eigenvalue weighted by molar-refractivity contribution is 6.31.